The zero-order valence-electron chi connectivity index (χ0n) is 8.87. The van der Waals surface area contributed by atoms with Gasteiger partial charge in [0.1, 0.15) is 0 Å². The molecule has 15 heavy (non-hydrogen) atoms. The Labute approximate surface area is 90.1 Å². The van der Waals surface area contributed by atoms with Gasteiger partial charge >= 0.3 is 0 Å². The van der Waals surface area contributed by atoms with Crippen LogP contribution in [-0.2, 0) is 9.47 Å². The van der Waals surface area contributed by atoms with E-state index in [0.29, 0.717) is 19.8 Å². The number of allylic oxidation sites excluding steroid dienone is 2. The minimum atomic E-state index is 0.148. The number of hydrogen-bond acceptors (Lipinski definition) is 4. The van der Waals surface area contributed by atoms with Crippen molar-refractivity contribution in [1.29, 1.82) is 0 Å². The number of nitrogens with one attached hydrogen (secondary N) is 1. The van der Waals surface area contributed by atoms with Crippen LogP contribution in [0.15, 0.2) is 23.5 Å². The maximum Gasteiger partial charge on any atom is 0.0981 e. The van der Waals surface area contributed by atoms with Crippen molar-refractivity contribution in [2.45, 2.75) is 18.9 Å². The number of rotatable bonds is 3. The zero-order valence-corrected chi connectivity index (χ0v) is 8.87. The summed E-state index contributed by atoms with van der Waals surface area (Å²) < 4.78 is 10.8. The lowest BCUT2D eigenvalue weighted by Gasteiger charge is -2.24. The van der Waals surface area contributed by atoms with Gasteiger partial charge in [0, 0.05) is 6.54 Å². The first-order chi connectivity index (χ1) is 7.36. The normalized spacial score (nSPS) is 26.8. The van der Waals surface area contributed by atoms with Crippen LogP contribution in [0.25, 0.3) is 0 Å². The Morgan fingerprint density at radius 2 is 2.20 bits per heavy atom. The Morgan fingerprint density at radius 1 is 1.33 bits per heavy atom. The van der Waals surface area contributed by atoms with E-state index < -0.39 is 0 Å². The third kappa shape index (κ3) is 2.97. The molecule has 2 aliphatic rings. The maximum absolute atomic E-state index is 5.85. The van der Waals surface area contributed by atoms with Gasteiger partial charge in [-0.3, -0.25) is 0 Å². The topological polar surface area (TPSA) is 56.5 Å². The van der Waals surface area contributed by atoms with E-state index in [2.05, 4.69) is 17.5 Å². The summed E-state index contributed by atoms with van der Waals surface area (Å²) in [6.07, 6.45) is 6.44. The summed E-state index contributed by atoms with van der Waals surface area (Å²) >= 11 is 0. The summed E-state index contributed by atoms with van der Waals surface area (Å²) in [5, 5.41) is 3.30. The highest BCUT2D eigenvalue weighted by Crippen LogP contribution is 2.12. The van der Waals surface area contributed by atoms with Gasteiger partial charge in [-0.15, -0.1) is 0 Å². The molecule has 0 aromatic carbocycles. The molecule has 1 unspecified atom stereocenters. The molecule has 84 valence electrons. The van der Waals surface area contributed by atoms with Crippen molar-refractivity contribution in [1.82, 2.24) is 5.32 Å². The minimum absolute atomic E-state index is 0.148. The van der Waals surface area contributed by atoms with E-state index in [1.54, 1.807) is 0 Å². The van der Waals surface area contributed by atoms with Crippen LogP contribution in [0.4, 0.5) is 0 Å². The van der Waals surface area contributed by atoms with Crippen molar-refractivity contribution in [3.63, 3.8) is 0 Å². The van der Waals surface area contributed by atoms with Crippen LogP contribution in [0.3, 0.4) is 0 Å². The molecule has 2 rings (SSSR count). The van der Waals surface area contributed by atoms with Crippen LogP contribution in [-0.4, -0.2) is 32.5 Å². The Hall–Kier alpha value is -1.00. The lowest BCUT2D eigenvalue weighted by molar-refractivity contribution is -0.0856. The summed E-state index contributed by atoms with van der Waals surface area (Å²) in [5.41, 5.74) is 7.74. The second kappa shape index (κ2) is 5.19. The predicted octanol–water partition coefficient (Wildman–Crippen LogP) is 0.512. The van der Waals surface area contributed by atoms with E-state index in [4.69, 9.17) is 15.2 Å². The van der Waals surface area contributed by atoms with E-state index in [1.807, 2.05) is 0 Å². The van der Waals surface area contributed by atoms with E-state index in [-0.39, 0.29) is 6.10 Å². The summed E-state index contributed by atoms with van der Waals surface area (Å²) in [4.78, 5) is 0. The average Bonchev–Trinajstić information content (AvgIpc) is 2.29. The molecule has 0 bridgehead atoms. The first-order valence-corrected chi connectivity index (χ1v) is 5.45. The van der Waals surface area contributed by atoms with Crippen LogP contribution in [0.1, 0.15) is 12.8 Å². The van der Waals surface area contributed by atoms with Gasteiger partial charge in [0.2, 0.25) is 0 Å². The van der Waals surface area contributed by atoms with Crippen LogP contribution in [0.2, 0.25) is 0 Å². The van der Waals surface area contributed by atoms with Gasteiger partial charge in [-0.25, -0.2) is 0 Å². The second-order valence-corrected chi connectivity index (χ2v) is 3.80. The van der Waals surface area contributed by atoms with Crippen molar-refractivity contribution in [3.05, 3.63) is 23.5 Å². The quantitative estimate of drug-likeness (QED) is 0.712. The molecule has 0 saturated carbocycles. The van der Waals surface area contributed by atoms with Crippen molar-refractivity contribution >= 4 is 0 Å². The van der Waals surface area contributed by atoms with E-state index in [9.17, 15) is 0 Å². The molecule has 0 spiro atoms. The molecule has 0 aromatic rings. The summed E-state index contributed by atoms with van der Waals surface area (Å²) in [5.74, 6) is 0. The fourth-order valence-corrected chi connectivity index (χ4v) is 1.75. The van der Waals surface area contributed by atoms with Crippen molar-refractivity contribution < 1.29 is 9.47 Å². The largest absolute Gasteiger partial charge is 0.397 e. The highest BCUT2D eigenvalue weighted by molar-refractivity contribution is 5.29. The maximum atomic E-state index is 5.85. The number of nitrogens with two attached hydrogens (primary N) is 1. The van der Waals surface area contributed by atoms with Gasteiger partial charge in [-0.05, 0) is 12.8 Å². The third-order valence-electron chi connectivity index (χ3n) is 2.60. The fraction of sp³-hybridized carbons (Fsp3) is 0.636. The Bertz CT molecular complexity index is 268. The third-order valence-corrected chi connectivity index (χ3v) is 2.60. The van der Waals surface area contributed by atoms with Gasteiger partial charge in [-0.2, -0.15) is 0 Å². The van der Waals surface area contributed by atoms with Crippen LogP contribution in [0.5, 0.6) is 0 Å². The first kappa shape index (κ1) is 10.5. The molecule has 0 radical (unpaired) electrons. The fourth-order valence-electron chi connectivity index (χ4n) is 1.75. The highest BCUT2D eigenvalue weighted by Gasteiger charge is 2.15. The molecule has 1 atom stereocenters. The van der Waals surface area contributed by atoms with Gasteiger partial charge in [-0.1, -0.05) is 12.2 Å². The molecule has 1 aliphatic carbocycles. The Kier molecular flexibility index (Phi) is 3.64. The first-order valence-electron chi connectivity index (χ1n) is 5.45. The average molecular weight is 210 g/mol. The lowest BCUT2D eigenvalue weighted by atomic mass is 10.1. The van der Waals surface area contributed by atoms with Gasteiger partial charge in [0.05, 0.1) is 37.3 Å². The zero-order chi connectivity index (χ0) is 10.5. The van der Waals surface area contributed by atoms with Crippen molar-refractivity contribution in [3.8, 4) is 0 Å². The Morgan fingerprint density at radius 3 is 2.93 bits per heavy atom. The molecule has 4 nitrogen and oxygen atoms in total. The molecular weight excluding hydrogens is 192 g/mol. The van der Waals surface area contributed by atoms with E-state index >= 15 is 0 Å². The van der Waals surface area contributed by atoms with E-state index in [1.165, 1.54) is 0 Å². The van der Waals surface area contributed by atoms with Crippen LogP contribution in [0, 0.1) is 0 Å². The van der Waals surface area contributed by atoms with Crippen LogP contribution < -0.4 is 11.1 Å². The monoisotopic (exact) mass is 210 g/mol. The summed E-state index contributed by atoms with van der Waals surface area (Å²) in [6, 6.07) is 0. The number of ether oxygens (including phenoxy) is 2. The van der Waals surface area contributed by atoms with Gasteiger partial charge < -0.3 is 20.5 Å². The van der Waals surface area contributed by atoms with Crippen molar-refractivity contribution in [2.24, 2.45) is 5.73 Å². The highest BCUT2D eigenvalue weighted by atomic mass is 16.6. The molecule has 3 N–H and O–H groups in total. The molecular formula is C11H18N2O2. The summed E-state index contributed by atoms with van der Waals surface area (Å²) in [7, 11) is 0. The van der Waals surface area contributed by atoms with Crippen LogP contribution >= 0.6 is 0 Å². The van der Waals surface area contributed by atoms with E-state index in [0.717, 1.165) is 30.8 Å². The standard InChI is InChI=1S/C11H18N2O2/c12-10-3-1-2-4-11(10)13-7-9-8-14-5-6-15-9/h3-4,9,13H,1-2,5-8,12H2. The smallest absolute Gasteiger partial charge is 0.0981 e. The van der Waals surface area contributed by atoms with Crippen molar-refractivity contribution in [2.75, 3.05) is 26.4 Å². The van der Waals surface area contributed by atoms with Gasteiger partial charge in [0.15, 0.2) is 0 Å². The molecule has 0 aromatic heterocycles. The van der Waals surface area contributed by atoms with Gasteiger partial charge in [0.25, 0.3) is 0 Å². The molecule has 1 fully saturated rings. The number of hydrogen-bond donors (Lipinski definition) is 2. The molecule has 1 aliphatic heterocycles. The molecule has 1 saturated heterocycles. The molecule has 0 amide bonds. The Balaban J connectivity index is 1.77. The molecule has 4 heteroatoms. The predicted molar refractivity (Wildman–Crippen MR) is 58.1 cm³/mol. The lowest BCUT2D eigenvalue weighted by Crippen LogP contribution is -2.38. The summed E-state index contributed by atoms with van der Waals surface area (Å²) in [6.45, 7) is 2.84. The molecule has 1 heterocycles. The second-order valence-electron chi connectivity index (χ2n) is 3.80. The minimum Gasteiger partial charge on any atom is -0.397 e. The SMILES string of the molecule is NC1=CCCC=C1NCC1COCCO1.